The molecule has 1 amide bonds. The van der Waals surface area contributed by atoms with Gasteiger partial charge in [0, 0.05) is 17.0 Å². The van der Waals surface area contributed by atoms with Crippen LogP contribution in [-0.2, 0) is 4.79 Å². The maximum absolute atomic E-state index is 11.9. The highest BCUT2D eigenvalue weighted by Crippen LogP contribution is 2.35. The second-order valence-electron chi connectivity index (χ2n) is 4.68. The number of hydroxylamine groups is 1. The Kier molecular flexibility index (Phi) is 2.18. The Hall–Kier alpha value is -1.84. The van der Waals surface area contributed by atoms with Crippen molar-refractivity contribution < 1.29 is 14.4 Å². The Labute approximate surface area is 98.9 Å². The smallest absolute Gasteiger partial charge is 0.259 e. The van der Waals surface area contributed by atoms with Gasteiger partial charge >= 0.3 is 0 Å². The maximum atomic E-state index is 11.9. The summed E-state index contributed by atoms with van der Waals surface area (Å²) in [7, 11) is 0. The molecule has 2 aliphatic rings. The van der Waals surface area contributed by atoms with Crippen molar-refractivity contribution in [2.45, 2.75) is 25.7 Å². The average molecular weight is 231 g/mol. The first-order valence-electron chi connectivity index (χ1n) is 5.81. The molecule has 0 saturated heterocycles. The van der Waals surface area contributed by atoms with E-state index in [-0.39, 0.29) is 23.5 Å². The van der Waals surface area contributed by atoms with E-state index in [2.05, 4.69) is 5.48 Å². The van der Waals surface area contributed by atoms with Gasteiger partial charge in [-0.25, -0.2) is 0 Å². The minimum atomic E-state index is -0.233. The summed E-state index contributed by atoms with van der Waals surface area (Å²) in [6, 6.07) is 5.33. The van der Waals surface area contributed by atoms with E-state index >= 15 is 0 Å². The lowest BCUT2D eigenvalue weighted by Gasteiger charge is -2.22. The van der Waals surface area contributed by atoms with Crippen LogP contribution < -0.4 is 10.3 Å². The predicted molar refractivity (Wildman–Crippen MR) is 60.7 cm³/mol. The summed E-state index contributed by atoms with van der Waals surface area (Å²) in [5.41, 5.74) is 3.86. The van der Waals surface area contributed by atoms with Crippen LogP contribution in [0.25, 0.3) is 0 Å². The number of ketones is 1. The molecule has 1 atom stereocenters. The molecule has 1 aliphatic carbocycles. The molecule has 4 heteroatoms. The molecule has 4 nitrogen and oxygen atoms in total. The molecule has 1 unspecified atom stereocenters. The SMILES string of the molecule is CC1C(=O)NOc2cc(C(=O)C3CC3)ccc21. The maximum Gasteiger partial charge on any atom is 0.259 e. The van der Waals surface area contributed by atoms with E-state index in [9.17, 15) is 9.59 Å². The molecule has 3 rings (SSSR count). The van der Waals surface area contributed by atoms with Gasteiger partial charge in [0.15, 0.2) is 11.5 Å². The number of fused-ring (bicyclic) bond motifs is 1. The minimum absolute atomic E-state index is 0.154. The second kappa shape index (κ2) is 3.58. The Morgan fingerprint density at radius 2 is 2.18 bits per heavy atom. The highest BCUT2D eigenvalue weighted by atomic mass is 16.7. The van der Waals surface area contributed by atoms with Gasteiger partial charge in [-0.1, -0.05) is 12.1 Å². The lowest BCUT2D eigenvalue weighted by molar-refractivity contribution is -0.130. The summed E-state index contributed by atoms with van der Waals surface area (Å²) in [4.78, 5) is 28.4. The molecule has 17 heavy (non-hydrogen) atoms. The second-order valence-corrected chi connectivity index (χ2v) is 4.68. The number of hydrogen-bond acceptors (Lipinski definition) is 3. The van der Waals surface area contributed by atoms with Crippen LogP contribution in [0.1, 0.15) is 41.6 Å². The van der Waals surface area contributed by atoms with Crippen molar-refractivity contribution in [3.05, 3.63) is 29.3 Å². The van der Waals surface area contributed by atoms with E-state index in [1.807, 2.05) is 13.0 Å². The van der Waals surface area contributed by atoms with Crippen molar-refractivity contribution in [2.24, 2.45) is 5.92 Å². The molecule has 88 valence electrons. The third-order valence-corrected chi connectivity index (χ3v) is 3.37. The van der Waals surface area contributed by atoms with Crippen molar-refractivity contribution in [1.29, 1.82) is 0 Å². The molecule has 0 spiro atoms. The van der Waals surface area contributed by atoms with Gasteiger partial charge in [0.05, 0.1) is 5.92 Å². The lowest BCUT2D eigenvalue weighted by atomic mass is 9.95. The van der Waals surface area contributed by atoms with Gasteiger partial charge in [-0.3, -0.25) is 9.59 Å². The molecular formula is C13H13NO3. The molecule has 1 aromatic rings. The van der Waals surface area contributed by atoms with Crippen LogP contribution >= 0.6 is 0 Å². The summed E-state index contributed by atoms with van der Waals surface area (Å²) in [6.45, 7) is 1.82. The number of carbonyl (C=O) groups is 2. The first kappa shape index (κ1) is 10.3. The van der Waals surface area contributed by atoms with Gasteiger partial charge < -0.3 is 4.84 Å². The van der Waals surface area contributed by atoms with Gasteiger partial charge in [-0.15, -0.1) is 0 Å². The molecule has 0 radical (unpaired) electrons. The minimum Gasteiger partial charge on any atom is -0.379 e. The van der Waals surface area contributed by atoms with Crippen LogP contribution in [0.4, 0.5) is 0 Å². The Morgan fingerprint density at radius 3 is 2.88 bits per heavy atom. The summed E-state index contributed by atoms with van der Waals surface area (Å²) in [5, 5.41) is 0. The summed E-state index contributed by atoms with van der Waals surface area (Å²) in [5.74, 6) is 0.579. The van der Waals surface area contributed by atoms with Crippen LogP contribution in [0.5, 0.6) is 5.75 Å². The quantitative estimate of drug-likeness (QED) is 0.790. The molecule has 1 aliphatic heterocycles. The van der Waals surface area contributed by atoms with E-state index < -0.39 is 0 Å². The monoisotopic (exact) mass is 231 g/mol. The summed E-state index contributed by atoms with van der Waals surface area (Å²) < 4.78 is 0. The number of Topliss-reactive ketones (excluding diaryl/α,β-unsaturated/α-hetero) is 1. The molecule has 1 saturated carbocycles. The number of carbonyl (C=O) groups excluding carboxylic acids is 2. The molecule has 1 fully saturated rings. The van der Waals surface area contributed by atoms with Crippen LogP contribution in [-0.4, -0.2) is 11.7 Å². The lowest BCUT2D eigenvalue weighted by Crippen LogP contribution is -2.35. The van der Waals surface area contributed by atoms with E-state index in [0.717, 1.165) is 18.4 Å². The van der Waals surface area contributed by atoms with E-state index in [1.54, 1.807) is 12.1 Å². The van der Waals surface area contributed by atoms with Crippen molar-refractivity contribution >= 4 is 11.7 Å². The fourth-order valence-corrected chi connectivity index (χ4v) is 2.05. The van der Waals surface area contributed by atoms with Crippen LogP contribution in [0, 0.1) is 5.92 Å². The third kappa shape index (κ3) is 1.69. The zero-order valence-electron chi connectivity index (χ0n) is 9.53. The number of amides is 1. The Morgan fingerprint density at radius 1 is 1.41 bits per heavy atom. The van der Waals surface area contributed by atoms with Crippen molar-refractivity contribution in [2.75, 3.05) is 0 Å². The first-order valence-corrected chi connectivity index (χ1v) is 5.81. The van der Waals surface area contributed by atoms with E-state index in [0.29, 0.717) is 11.3 Å². The van der Waals surface area contributed by atoms with Gasteiger partial charge in [0.25, 0.3) is 5.91 Å². The fraction of sp³-hybridized carbons (Fsp3) is 0.385. The number of hydrogen-bond donors (Lipinski definition) is 1. The highest BCUT2D eigenvalue weighted by molar-refractivity contribution is 6.00. The highest BCUT2D eigenvalue weighted by Gasteiger charge is 2.32. The van der Waals surface area contributed by atoms with Crippen LogP contribution in [0.3, 0.4) is 0 Å². The first-order chi connectivity index (χ1) is 8.16. The molecular weight excluding hydrogens is 218 g/mol. The molecule has 1 aromatic carbocycles. The number of benzene rings is 1. The normalized spacial score (nSPS) is 22.4. The number of rotatable bonds is 2. The van der Waals surface area contributed by atoms with Crippen LogP contribution in [0.2, 0.25) is 0 Å². The topological polar surface area (TPSA) is 55.4 Å². The summed E-state index contributed by atoms with van der Waals surface area (Å²) in [6.07, 6.45) is 1.98. The standard InChI is InChI=1S/C13H13NO3/c1-7-10-5-4-9(12(15)8-2-3-8)6-11(10)17-14-13(7)16/h4-8H,2-3H2,1H3,(H,14,16). The van der Waals surface area contributed by atoms with Crippen molar-refractivity contribution in [1.82, 2.24) is 5.48 Å². The molecule has 1 heterocycles. The third-order valence-electron chi connectivity index (χ3n) is 3.37. The van der Waals surface area contributed by atoms with Gasteiger partial charge in [-0.05, 0) is 25.8 Å². The molecule has 1 N–H and O–H groups in total. The Balaban J connectivity index is 1.96. The Bertz CT molecular complexity index is 505. The average Bonchev–Trinajstić information content (AvgIpc) is 3.17. The zero-order valence-corrected chi connectivity index (χ0v) is 9.53. The van der Waals surface area contributed by atoms with Gasteiger partial charge in [0.2, 0.25) is 0 Å². The largest absolute Gasteiger partial charge is 0.379 e. The van der Waals surface area contributed by atoms with Crippen LogP contribution in [0.15, 0.2) is 18.2 Å². The fourth-order valence-electron chi connectivity index (χ4n) is 2.05. The van der Waals surface area contributed by atoms with E-state index in [4.69, 9.17) is 4.84 Å². The summed E-state index contributed by atoms with van der Waals surface area (Å²) >= 11 is 0. The number of nitrogens with one attached hydrogen (secondary N) is 1. The molecule has 0 bridgehead atoms. The molecule has 0 aromatic heterocycles. The zero-order chi connectivity index (χ0) is 12.0. The predicted octanol–water partition coefficient (Wildman–Crippen LogP) is 1.81. The van der Waals surface area contributed by atoms with Crippen molar-refractivity contribution in [3.8, 4) is 5.75 Å². The van der Waals surface area contributed by atoms with E-state index in [1.165, 1.54) is 0 Å². The van der Waals surface area contributed by atoms with Gasteiger partial charge in [0.1, 0.15) is 0 Å². The van der Waals surface area contributed by atoms with Crippen molar-refractivity contribution in [3.63, 3.8) is 0 Å². The van der Waals surface area contributed by atoms with Gasteiger partial charge in [-0.2, -0.15) is 5.48 Å².